The molecule has 0 aliphatic heterocycles. The van der Waals surface area contributed by atoms with Crippen molar-refractivity contribution in [3.63, 3.8) is 0 Å². The fourth-order valence-corrected chi connectivity index (χ4v) is 2.71. The summed E-state index contributed by atoms with van der Waals surface area (Å²) >= 11 is 6.10. The van der Waals surface area contributed by atoms with E-state index in [0.717, 1.165) is 0 Å². The third kappa shape index (κ3) is 4.19. The number of fused-ring (bicyclic) bond motifs is 1. The van der Waals surface area contributed by atoms with Gasteiger partial charge in [-0.25, -0.2) is 9.78 Å². The zero-order valence-corrected chi connectivity index (χ0v) is 15.6. The Morgan fingerprint density at radius 3 is 2.82 bits per heavy atom. The minimum atomic E-state index is -1.05. The number of nitriles is 1. The summed E-state index contributed by atoms with van der Waals surface area (Å²) in [7, 11) is 0. The number of rotatable bonds is 5. The van der Waals surface area contributed by atoms with Crippen LogP contribution < -0.4 is 5.32 Å². The van der Waals surface area contributed by atoms with Crippen LogP contribution in [0.5, 0.6) is 0 Å². The summed E-state index contributed by atoms with van der Waals surface area (Å²) in [5, 5.41) is 11.9. The minimum Gasteiger partial charge on any atom is -0.449 e. The highest BCUT2D eigenvalue weighted by molar-refractivity contribution is 6.31. The van der Waals surface area contributed by atoms with Gasteiger partial charge in [-0.3, -0.25) is 9.20 Å². The van der Waals surface area contributed by atoms with Crippen LogP contribution in [0.25, 0.3) is 11.7 Å². The summed E-state index contributed by atoms with van der Waals surface area (Å²) in [6.45, 7) is 1.44. The van der Waals surface area contributed by atoms with Crippen molar-refractivity contribution in [2.75, 3.05) is 5.32 Å². The first-order valence-electron chi connectivity index (χ1n) is 8.31. The molecule has 0 bridgehead atoms. The molecule has 1 aromatic carbocycles. The highest BCUT2D eigenvalue weighted by Crippen LogP contribution is 2.19. The van der Waals surface area contributed by atoms with E-state index in [1.165, 1.54) is 19.1 Å². The van der Waals surface area contributed by atoms with E-state index in [4.69, 9.17) is 21.6 Å². The van der Waals surface area contributed by atoms with Crippen LogP contribution in [0, 0.1) is 11.3 Å². The Hall–Kier alpha value is -3.63. The van der Waals surface area contributed by atoms with Gasteiger partial charge in [0, 0.05) is 12.3 Å². The number of hydrogen-bond donors (Lipinski definition) is 1. The highest BCUT2D eigenvalue weighted by Gasteiger charge is 2.18. The molecule has 2 aromatic heterocycles. The van der Waals surface area contributed by atoms with Crippen LogP contribution in [0.2, 0.25) is 5.15 Å². The van der Waals surface area contributed by atoms with Crippen molar-refractivity contribution in [2.24, 2.45) is 0 Å². The first kappa shape index (κ1) is 19.1. The fraction of sp³-hybridized carbons (Fsp3) is 0.100. The first-order valence-corrected chi connectivity index (χ1v) is 8.68. The Morgan fingerprint density at radius 1 is 1.29 bits per heavy atom. The number of benzene rings is 1. The van der Waals surface area contributed by atoms with E-state index in [2.05, 4.69) is 10.3 Å². The van der Waals surface area contributed by atoms with Crippen LogP contribution in [0.4, 0.5) is 5.69 Å². The predicted molar refractivity (Wildman–Crippen MR) is 105 cm³/mol. The number of halogens is 1. The van der Waals surface area contributed by atoms with Gasteiger partial charge in [0.25, 0.3) is 5.91 Å². The van der Waals surface area contributed by atoms with Crippen molar-refractivity contribution in [3.05, 3.63) is 71.1 Å². The van der Waals surface area contributed by atoms with Crippen LogP contribution in [0.3, 0.4) is 0 Å². The molecule has 0 fully saturated rings. The lowest BCUT2D eigenvalue weighted by Gasteiger charge is -2.13. The van der Waals surface area contributed by atoms with Crippen molar-refractivity contribution in [1.29, 1.82) is 5.26 Å². The second-order valence-corrected chi connectivity index (χ2v) is 6.13. The molecule has 1 atom stereocenters. The summed E-state index contributed by atoms with van der Waals surface area (Å²) in [5.74, 6) is -1.25. The van der Waals surface area contributed by atoms with E-state index in [1.54, 1.807) is 40.9 Å². The third-order valence-electron chi connectivity index (χ3n) is 3.87. The van der Waals surface area contributed by atoms with Gasteiger partial charge in [-0.05, 0) is 37.3 Å². The molecule has 2 heterocycles. The average Bonchev–Trinajstić information content (AvgIpc) is 3.01. The molecule has 0 aliphatic carbocycles. The molecule has 0 aliphatic rings. The van der Waals surface area contributed by atoms with Crippen LogP contribution in [0.1, 0.15) is 18.2 Å². The largest absolute Gasteiger partial charge is 0.449 e. The summed E-state index contributed by atoms with van der Waals surface area (Å²) in [6.07, 6.45) is 3.36. The number of nitrogens with one attached hydrogen (secondary N) is 1. The van der Waals surface area contributed by atoms with E-state index in [0.29, 0.717) is 22.6 Å². The van der Waals surface area contributed by atoms with E-state index in [9.17, 15) is 9.59 Å². The maximum Gasteiger partial charge on any atom is 0.331 e. The number of pyridine rings is 1. The average molecular weight is 395 g/mol. The quantitative estimate of drug-likeness (QED) is 0.528. The Labute approximate surface area is 165 Å². The van der Waals surface area contributed by atoms with E-state index in [1.807, 2.05) is 18.2 Å². The Morgan fingerprint density at radius 2 is 2.04 bits per heavy atom. The molecule has 0 saturated carbocycles. The monoisotopic (exact) mass is 394 g/mol. The van der Waals surface area contributed by atoms with Crippen molar-refractivity contribution in [2.45, 2.75) is 13.0 Å². The van der Waals surface area contributed by atoms with Gasteiger partial charge in [-0.2, -0.15) is 5.26 Å². The van der Waals surface area contributed by atoms with Crippen molar-refractivity contribution in [3.8, 4) is 6.07 Å². The van der Waals surface area contributed by atoms with Crippen molar-refractivity contribution < 1.29 is 14.3 Å². The SMILES string of the molecule is C[C@H](OC(=O)/C=C/c1c(Cl)nc2ccccn12)C(=O)Nc1ccccc1C#N. The van der Waals surface area contributed by atoms with Gasteiger partial charge >= 0.3 is 5.97 Å². The molecule has 3 aromatic rings. The number of hydrogen-bond acceptors (Lipinski definition) is 5. The standard InChI is InChI=1S/C20H15ClN4O3/c1-13(20(27)23-15-7-3-2-6-14(15)12-22)28-18(26)10-9-16-19(21)24-17-8-4-5-11-25(16)17/h2-11,13H,1H3,(H,23,27)/b10-9+/t13-/m0/s1. The van der Waals surface area contributed by atoms with Crippen LogP contribution in [0.15, 0.2) is 54.7 Å². The van der Waals surface area contributed by atoms with Crippen molar-refractivity contribution >= 4 is 40.9 Å². The van der Waals surface area contributed by atoms with Gasteiger partial charge in [0.2, 0.25) is 0 Å². The first-order chi connectivity index (χ1) is 13.5. The molecule has 0 radical (unpaired) electrons. The minimum absolute atomic E-state index is 0.245. The Bertz CT molecular complexity index is 1110. The summed E-state index contributed by atoms with van der Waals surface area (Å²) in [5.41, 5.74) is 1.83. The van der Waals surface area contributed by atoms with Gasteiger partial charge < -0.3 is 10.1 Å². The summed E-state index contributed by atoms with van der Waals surface area (Å²) < 4.78 is 6.84. The molecule has 7 nitrogen and oxygen atoms in total. The highest BCUT2D eigenvalue weighted by atomic mass is 35.5. The number of imidazole rings is 1. The maximum atomic E-state index is 12.2. The molecule has 8 heteroatoms. The summed E-state index contributed by atoms with van der Waals surface area (Å²) in [6, 6.07) is 14.0. The molecule has 28 heavy (non-hydrogen) atoms. The van der Waals surface area contributed by atoms with Gasteiger partial charge in [0.1, 0.15) is 11.7 Å². The smallest absolute Gasteiger partial charge is 0.331 e. The Kier molecular flexibility index (Phi) is 5.72. The van der Waals surface area contributed by atoms with Gasteiger partial charge in [-0.1, -0.05) is 29.8 Å². The molecule has 0 spiro atoms. The molecule has 3 rings (SSSR count). The number of ether oxygens (including phenoxy) is 1. The molecule has 0 unspecified atom stereocenters. The molecule has 0 saturated heterocycles. The number of carbonyl (C=O) groups excluding carboxylic acids is 2. The molecular formula is C20H15ClN4O3. The maximum absolute atomic E-state index is 12.2. The lowest BCUT2D eigenvalue weighted by Crippen LogP contribution is -2.29. The predicted octanol–water partition coefficient (Wildman–Crippen LogP) is 3.44. The normalized spacial score (nSPS) is 11.9. The van der Waals surface area contributed by atoms with Gasteiger partial charge in [-0.15, -0.1) is 0 Å². The zero-order valence-electron chi connectivity index (χ0n) is 14.8. The van der Waals surface area contributed by atoms with Gasteiger partial charge in [0.05, 0.1) is 16.9 Å². The van der Waals surface area contributed by atoms with E-state index >= 15 is 0 Å². The van der Waals surface area contributed by atoms with Gasteiger partial charge in [0.15, 0.2) is 11.3 Å². The number of para-hydroxylation sites is 1. The topological polar surface area (TPSA) is 96.5 Å². The second-order valence-electron chi connectivity index (χ2n) is 5.78. The fourth-order valence-electron chi connectivity index (χ4n) is 2.47. The summed E-state index contributed by atoms with van der Waals surface area (Å²) in [4.78, 5) is 28.5. The Balaban J connectivity index is 1.65. The number of esters is 1. The number of aromatic nitrogens is 2. The van der Waals surface area contributed by atoms with Crippen LogP contribution in [-0.4, -0.2) is 27.4 Å². The molecule has 1 amide bonds. The third-order valence-corrected chi connectivity index (χ3v) is 4.14. The number of nitrogens with zero attached hydrogens (tertiary/aromatic N) is 3. The van der Waals surface area contributed by atoms with E-state index in [-0.39, 0.29) is 5.15 Å². The van der Waals surface area contributed by atoms with Crippen molar-refractivity contribution in [1.82, 2.24) is 9.38 Å². The van der Waals surface area contributed by atoms with Crippen LogP contribution in [-0.2, 0) is 14.3 Å². The molecule has 1 N–H and O–H groups in total. The molecule has 140 valence electrons. The number of carbonyl (C=O) groups is 2. The van der Waals surface area contributed by atoms with E-state index < -0.39 is 18.0 Å². The second kappa shape index (κ2) is 8.37. The lowest BCUT2D eigenvalue weighted by molar-refractivity contribution is -0.148. The lowest BCUT2D eigenvalue weighted by atomic mass is 10.2. The number of anilines is 1. The number of amides is 1. The zero-order chi connectivity index (χ0) is 20.1. The molecular weight excluding hydrogens is 380 g/mol. The van der Waals surface area contributed by atoms with Crippen LogP contribution >= 0.6 is 11.6 Å².